The van der Waals surface area contributed by atoms with Crippen LogP contribution in [0.3, 0.4) is 0 Å². The van der Waals surface area contributed by atoms with Crippen LogP contribution in [-0.4, -0.2) is 10.5 Å². The number of carbonyl (C=O) groups excluding carboxylic acids is 1. The van der Waals surface area contributed by atoms with E-state index in [2.05, 4.69) is 35.5 Å². The SMILES string of the molecule is CCCCC(C)n1c(=NC(=O)c2ccc(C)cc2)sc2ccccc21. The van der Waals surface area contributed by atoms with Crippen molar-refractivity contribution in [1.82, 2.24) is 4.57 Å². The van der Waals surface area contributed by atoms with Crippen LogP contribution in [0.1, 0.15) is 55.1 Å². The number of unbranched alkanes of at least 4 members (excludes halogenated alkanes) is 1. The fourth-order valence-corrected chi connectivity index (χ4v) is 4.09. The molecule has 4 heteroatoms. The molecule has 3 nitrogen and oxygen atoms in total. The van der Waals surface area contributed by atoms with E-state index in [1.165, 1.54) is 17.5 Å². The monoisotopic (exact) mass is 352 g/mol. The maximum atomic E-state index is 12.6. The summed E-state index contributed by atoms with van der Waals surface area (Å²) in [6.07, 6.45) is 3.43. The van der Waals surface area contributed by atoms with Crippen LogP contribution in [0.25, 0.3) is 10.2 Å². The summed E-state index contributed by atoms with van der Waals surface area (Å²) in [6.45, 7) is 6.43. The van der Waals surface area contributed by atoms with E-state index < -0.39 is 0 Å². The predicted molar refractivity (Wildman–Crippen MR) is 105 cm³/mol. The van der Waals surface area contributed by atoms with Crippen molar-refractivity contribution in [2.45, 2.75) is 46.1 Å². The molecule has 0 aliphatic carbocycles. The molecule has 3 rings (SSSR count). The second-order valence-electron chi connectivity index (χ2n) is 6.50. The van der Waals surface area contributed by atoms with Crippen LogP contribution in [-0.2, 0) is 0 Å². The molecule has 0 bridgehead atoms. The highest BCUT2D eigenvalue weighted by Gasteiger charge is 2.13. The summed E-state index contributed by atoms with van der Waals surface area (Å²) < 4.78 is 3.39. The molecule has 1 unspecified atom stereocenters. The van der Waals surface area contributed by atoms with Gasteiger partial charge in [-0.25, -0.2) is 0 Å². The van der Waals surface area contributed by atoms with Crippen molar-refractivity contribution < 1.29 is 4.79 Å². The smallest absolute Gasteiger partial charge is 0.279 e. The molecule has 3 aromatic rings. The number of thiazole rings is 1. The lowest BCUT2D eigenvalue weighted by molar-refractivity contribution is 0.0997. The number of nitrogens with zero attached hydrogens (tertiary/aromatic N) is 2. The molecule has 0 N–H and O–H groups in total. The van der Waals surface area contributed by atoms with Crippen LogP contribution < -0.4 is 4.80 Å². The number of benzene rings is 2. The Morgan fingerprint density at radius 2 is 1.88 bits per heavy atom. The fraction of sp³-hybridized carbons (Fsp3) is 0.333. The van der Waals surface area contributed by atoms with E-state index >= 15 is 0 Å². The minimum absolute atomic E-state index is 0.178. The van der Waals surface area contributed by atoms with Gasteiger partial charge in [0.1, 0.15) is 0 Å². The van der Waals surface area contributed by atoms with Crippen molar-refractivity contribution in [3.8, 4) is 0 Å². The molecule has 2 aromatic carbocycles. The average Bonchev–Trinajstić information content (AvgIpc) is 2.98. The number of hydrogen-bond donors (Lipinski definition) is 0. The highest BCUT2D eigenvalue weighted by Crippen LogP contribution is 2.23. The van der Waals surface area contributed by atoms with Crippen molar-refractivity contribution in [2.75, 3.05) is 0 Å². The summed E-state index contributed by atoms with van der Waals surface area (Å²) in [5.74, 6) is -0.178. The number of aryl methyl sites for hydroxylation is 1. The Morgan fingerprint density at radius 1 is 1.16 bits per heavy atom. The molecule has 130 valence electrons. The zero-order chi connectivity index (χ0) is 17.8. The van der Waals surface area contributed by atoms with Crippen molar-refractivity contribution in [3.63, 3.8) is 0 Å². The number of carbonyl (C=O) groups is 1. The van der Waals surface area contributed by atoms with E-state index in [4.69, 9.17) is 0 Å². The molecule has 0 fully saturated rings. The molecule has 1 amide bonds. The molecular weight excluding hydrogens is 328 g/mol. The normalized spacial score (nSPS) is 13.3. The van der Waals surface area contributed by atoms with Crippen molar-refractivity contribution in [1.29, 1.82) is 0 Å². The van der Waals surface area contributed by atoms with Crippen LogP contribution in [0.5, 0.6) is 0 Å². The summed E-state index contributed by atoms with van der Waals surface area (Å²) in [7, 11) is 0. The topological polar surface area (TPSA) is 34.4 Å². The second kappa shape index (κ2) is 7.79. The largest absolute Gasteiger partial charge is 0.314 e. The van der Waals surface area contributed by atoms with E-state index in [1.54, 1.807) is 11.3 Å². The van der Waals surface area contributed by atoms with Gasteiger partial charge >= 0.3 is 0 Å². The maximum absolute atomic E-state index is 12.6. The van der Waals surface area contributed by atoms with Crippen LogP contribution in [0, 0.1) is 6.92 Å². The van der Waals surface area contributed by atoms with E-state index in [-0.39, 0.29) is 5.91 Å². The second-order valence-corrected chi connectivity index (χ2v) is 7.51. The molecule has 0 aliphatic heterocycles. The highest BCUT2D eigenvalue weighted by atomic mass is 32.1. The van der Waals surface area contributed by atoms with Crippen molar-refractivity contribution in [3.05, 3.63) is 64.5 Å². The summed E-state index contributed by atoms with van der Waals surface area (Å²) in [4.78, 5) is 17.9. The molecule has 25 heavy (non-hydrogen) atoms. The van der Waals surface area contributed by atoms with Gasteiger partial charge in [0.15, 0.2) is 4.80 Å². The van der Waals surface area contributed by atoms with E-state index in [1.807, 2.05) is 43.3 Å². The maximum Gasteiger partial charge on any atom is 0.279 e. The van der Waals surface area contributed by atoms with Crippen molar-refractivity contribution >= 4 is 27.5 Å². The minimum Gasteiger partial charge on any atom is -0.314 e. The molecule has 0 saturated carbocycles. The third-order valence-electron chi connectivity index (χ3n) is 4.44. The molecule has 0 saturated heterocycles. The number of amides is 1. The first-order valence-corrected chi connectivity index (χ1v) is 9.67. The Labute approximate surface area is 152 Å². The summed E-state index contributed by atoms with van der Waals surface area (Å²) in [5.41, 5.74) is 2.93. The van der Waals surface area contributed by atoms with E-state index in [0.29, 0.717) is 11.6 Å². The minimum atomic E-state index is -0.178. The van der Waals surface area contributed by atoms with Gasteiger partial charge in [0.25, 0.3) is 5.91 Å². The van der Waals surface area contributed by atoms with Gasteiger partial charge in [0.2, 0.25) is 0 Å². The Morgan fingerprint density at radius 3 is 2.60 bits per heavy atom. The number of fused-ring (bicyclic) bond motifs is 1. The van der Waals surface area contributed by atoms with Crippen LogP contribution in [0.15, 0.2) is 53.5 Å². The molecular formula is C21H24N2OS. The summed E-state index contributed by atoms with van der Waals surface area (Å²) in [6, 6.07) is 16.2. The molecule has 0 spiro atoms. The third kappa shape index (κ3) is 3.90. The van der Waals surface area contributed by atoms with Gasteiger partial charge in [-0.05, 0) is 44.5 Å². The van der Waals surface area contributed by atoms with Crippen LogP contribution >= 0.6 is 11.3 Å². The number of aromatic nitrogens is 1. The quantitative estimate of drug-likeness (QED) is 0.597. The first-order chi connectivity index (χ1) is 12.1. The first kappa shape index (κ1) is 17.6. The fourth-order valence-electron chi connectivity index (χ4n) is 2.97. The Bertz CT molecular complexity index is 934. The number of hydrogen-bond acceptors (Lipinski definition) is 2. The lowest BCUT2D eigenvalue weighted by Crippen LogP contribution is -2.20. The summed E-state index contributed by atoms with van der Waals surface area (Å²) in [5, 5.41) is 0. The molecule has 1 atom stereocenters. The Kier molecular flexibility index (Phi) is 5.49. The van der Waals surface area contributed by atoms with Gasteiger partial charge in [-0.3, -0.25) is 4.79 Å². The molecule has 0 radical (unpaired) electrons. The van der Waals surface area contributed by atoms with E-state index in [0.717, 1.165) is 22.3 Å². The van der Waals surface area contributed by atoms with Gasteiger partial charge in [-0.15, -0.1) is 0 Å². The molecule has 0 aliphatic rings. The number of para-hydroxylation sites is 1. The first-order valence-electron chi connectivity index (χ1n) is 8.86. The standard InChI is InChI=1S/C21H24N2OS/c1-4-5-8-16(3)23-18-9-6-7-10-19(18)25-21(23)22-20(24)17-13-11-15(2)12-14-17/h6-7,9-14,16H,4-5,8H2,1-3H3. The average molecular weight is 353 g/mol. The summed E-state index contributed by atoms with van der Waals surface area (Å²) >= 11 is 1.59. The lowest BCUT2D eigenvalue weighted by atomic mass is 10.1. The van der Waals surface area contributed by atoms with Gasteiger partial charge in [-0.2, -0.15) is 4.99 Å². The van der Waals surface area contributed by atoms with Gasteiger partial charge in [0, 0.05) is 11.6 Å². The Balaban J connectivity index is 2.07. The van der Waals surface area contributed by atoms with Gasteiger partial charge in [-0.1, -0.05) is 60.9 Å². The third-order valence-corrected chi connectivity index (χ3v) is 5.48. The Hall–Kier alpha value is -2.20. The molecule has 1 aromatic heterocycles. The number of rotatable bonds is 5. The predicted octanol–water partition coefficient (Wildman–Crippen LogP) is 5.50. The molecule has 1 heterocycles. The van der Waals surface area contributed by atoms with Crippen LogP contribution in [0.4, 0.5) is 0 Å². The van der Waals surface area contributed by atoms with Crippen LogP contribution in [0.2, 0.25) is 0 Å². The van der Waals surface area contributed by atoms with E-state index in [9.17, 15) is 4.79 Å². The van der Waals surface area contributed by atoms with Gasteiger partial charge < -0.3 is 4.57 Å². The zero-order valence-electron chi connectivity index (χ0n) is 15.0. The lowest BCUT2D eigenvalue weighted by Gasteiger charge is -2.14. The van der Waals surface area contributed by atoms with Crippen molar-refractivity contribution in [2.24, 2.45) is 4.99 Å². The zero-order valence-corrected chi connectivity index (χ0v) is 15.8. The highest BCUT2D eigenvalue weighted by molar-refractivity contribution is 7.16. The van der Waals surface area contributed by atoms with Gasteiger partial charge in [0.05, 0.1) is 10.2 Å².